The molecule has 21 heavy (non-hydrogen) atoms. The van der Waals surface area contributed by atoms with Crippen LogP contribution < -0.4 is 4.72 Å². The highest BCUT2D eigenvalue weighted by Crippen LogP contribution is 2.36. The van der Waals surface area contributed by atoms with Gasteiger partial charge >= 0.3 is 12.1 Å². The fourth-order valence-electron chi connectivity index (χ4n) is 2.48. The van der Waals surface area contributed by atoms with Gasteiger partial charge in [-0.2, -0.15) is 13.2 Å². The van der Waals surface area contributed by atoms with Crippen molar-refractivity contribution in [2.24, 2.45) is 5.41 Å². The van der Waals surface area contributed by atoms with Crippen molar-refractivity contribution in [1.29, 1.82) is 0 Å². The van der Waals surface area contributed by atoms with E-state index in [1.165, 1.54) is 0 Å². The Kier molecular flexibility index (Phi) is 6.03. The molecule has 0 bridgehead atoms. The predicted molar refractivity (Wildman–Crippen MR) is 70.2 cm³/mol. The molecule has 0 heterocycles. The Bertz CT molecular complexity index is 456. The van der Waals surface area contributed by atoms with Crippen LogP contribution in [0.5, 0.6) is 0 Å². The first-order valence-electron chi connectivity index (χ1n) is 6.84. The van der Waals surface area contributed by atoms with Crippen LogP contribution in [0.3, 0.4) is 0 Å². The lowest BCUT2D eigenvalue weighted by atomic mass is 9.74. The molecule has 2 N–H and O–H groups in total. The summed E-state index contributed by atoms with van der Waals surface area (Å²) in [4.78, 5) is 11.4. The van der Waals surface area contributed by atoms with E-state index < -0.39 is 46.2 Å². The van der Waals surface area contributed by atoms with Crippen LogP contribution in [0.25, 0.3) is 0 Å². The van der Waals surface area contributed by atoms with E-state index in [1.54, 1.807) is 0 Å². The number of rotatable bonds is 7. The van der Waals surface area contributed by atoms with Gasteiger partial charge in [-0.15, -0.1) is 0 Å². The van der Waals surface area contributed by atoms with Crippen LogP contribution in [0.15, 0.2) is 0 Å². The van der Waals surface area contributed by atoms with Crippen LogP contribution in [0.2, 0.25) is 0 Å². The van der Waals surface area contributed by atoms with E-state index >= 15 is 0 Å². The average molecular weight is 331 g/mol. The Morgan fingerprint density at radius 2 is 1.76 bits per heavy atom. The summed E-state index contributed by atoms with van der Waals surface area (Å²) in [5.41, 5.74) is -1.13. The molecule has 0 aliphatic heterocycles. The molecule has 0 aromatic carbocycles. The molecular formula is C12H20F3NO4S. The lowest BCUT2D eigenvalue weighted by Crippen LogP contribution is -2.44. The zero-order valence-electron chi connectivity index (χ0n) is 11.6. The van der Waals surface area contributed by atoms with Crippen LogP contribution in [0, 0.1) is 5.41 Å². The second kappa shape index (κ2) is 6.95. The van der Waals surface area contributed by atoms with Gasteiger partial charge in [0.2, 0.25) is 10.0 Å². The summed E-state index contributed by atoms with van der Waals surface area (Å²) in [5, 5.41) is 9.28. The number of carboxylic acids is 1. The van der Waals surface area contributed by atoms with E-state index in [-0.39, 0.29) is 6.54 Å². The summed E-state index contributed by atoms with van der Waals surface area (Å²) in [7, 11) is -3.89. The van der Waals surface area contributed by atoms with Gasteiger partial charge in [-0.1, -0.05) is 19.3 Å². The van der Waals surface area contributed by atoms with Crippen molar-refractivity contribution in [2.75, 3.05) is 12.3 Å². The lowest BCUT2D eigenvalue weighted by Gasteiger charge is -2.33. The average Bonchev–Trinajstić information content (AvgIpc) is 2.35. The molecule has 1 aliphatic rings. The number of nitrogens with one attached hydrogen (secondary N) is 1. The number of hydrogen-bond acceptors (Lipinski definition) is 3. The van der Waals surface area contributed by atoms with Crippen LogP contribution in [-0.2, 0) is 14.8 Å². The highest BCUT2D eigenvalue weighted by Gasteiger charge is 2.40. The standard InChI is InChI=1S/C12H20F3NO4S/c13-12(14,15)7-4-8-21(19,20)16-9-11(10(17)18)5-2-1-3-6-11/h16H,1-9H2,(H,17,18). The molecule has 0 amide bonds. The molecule has 0 aromatic rings. The van der Waals surface area contributed by atoms with Gasteiger partial charge in [0.05, 0.1) is 11.2 Å². The van der Waals surface area contributed by atoms with E-state index in [1.807, 2.05) is 0 Å². The third kappa shape index (κ3) is 6.21. The maximum Gasteiger partial charge on any atom is 0.389 e. The van der Waals surface area contributed by atoms with E-state index in [4.69, 9.17) is 0 Å². The molecule has 0 spiro atoms. The molecule has 0 unspecified atom stereocenters. The van der Waals surface area contributed by atoms with Gasteiger partial charge in [0.15, 0.2) is 0 Å². The molecule has 1 fully saturated rings. The summed E-state index contributed by atoms with van der Waals surface area (Å²) < 4.78 is 61.4. The zero-order chi connectivity index (χ0) is 16.1. The fraction of sp³-hybridized carbons (Fsp3) is 0.917. The Balaban J connectivity index is 2.52. The molecule has 1 saturated carbocycles. The lowest BCUT2D eigenvalue weighted by molar-refractivity contribution is -0.150. The van der Waals surface area contributed by atoms with Crippen molar-refractivity contribution in [3.63, 3.8) is 0 Å². The van der Waals surface area contributed by atoms with E-state index in [2.05, 4.69) is 4.72 Å². The SMILES string of the molecule is O=C(O)C1(CNS(=O)(=O)CCCC(F)(F)F)CCCCC1. The molecule has 9 heteroatoms. The van der Waals surface area contributed by atoms with Gasteiger partial charge in [0.25, 0.3) is 0 Å². The third-order valence-electron chi connectivity index (χ3n) is 3.77. The normalized spacial score (nSPS) is 19.4. The summed E-state index contributed by atoms with van der Waals surface area (Å²) in [5.74, 6) is -1.71. The minimum absolute atomic E-state index is 0.253. The molecule has 0 saturated heterocycles. The number of hydrogen-bond donors (Lipinski definition) is 2. The second-order valence-corrected chi connectivity index (χ2v) is 7.43. The number of halogens is 3. The maximum absolute atomic E-state index is 12.0. The van der Waals surface area contributed by atoms with Gasteiger partial charge in [0.1, 0.15) is 0 Å². The number of carbonyl (C=O) groups is 1. The number of sulfonamides is 1. The molecule has 0 radical (unpaired) electrons. The van der Waals surface area contributed by atoms with Crippen molar-refractivity contribution in [3.8, 4) is 0 Å². The number of carboxylic acid groups (broad SMARTS) is 1. The summed E-state index contributed by atoms with van der Waals surface area (Å²) in [6.07, 6.45) is -2.99. The third-order valence-corrected chi connectivity index (χ3v) is 5.18. The Morgan fingerprint density at radius 3 is 2.24 bits per heavy atom. The summed E-state index contributed by atoms with van der Waals surface area (Å²) in [6.45, 7) is -0.253. The van der Waals surface area contributed by atoms with Gasteiger partial charge in [0, 0.05) is 13.0 Å². The van der Waals surface area contributed by atoms with Gasteiger partial charge in [-0.25, -0.2) is 13.1 Å². The smallest absolute Gasteiger partial charge is 0.389 e. The second-order valence-electron chi connectivity index (χ2n) is 5.50. The largest absolute Gasteiger partial charge is 0.481 e. The molecule has 124 valence electrons. The topological polar surface area (TPSA) is 83.5 Å². The molecule has 5 nitrogen and oxygen atoms in total. The molecule has 0 aromatic heterocycles. The summed E-state index contributed by atoms with van der Waals surface area (Å²) in [6, 6.07) is 0. The maximum atomic E-state index is 12.0. The minimum atomic E-state index is -4.39. The zero-order valence-corrected chi connectivity index (χ0v) is 12.4. The highest BCUT2D eigenvalue weighted by atomic mass is 32.2. The van der Waals surface area contributed by atoms with Crippen molar-refractivity contribution in [2.45, 2.75) is 51.1 Å². The van der Waals surface area contributed by atoms with E-state index in [0.717, 1.165) is 6.42 Å². The van der Waals surface area contributed by atoms with Crippen LogP contribution in [0.1, 0.15) is 44.9 Å². The number of aliphatic carboxylic acids is 1. The van der Waals surface area contributed by atoms with E-state index in [9.17, 15) is 31.5 Å². The van der Waals surface area contributed by atoms with Gasteiger partial charge < -0.3 is 5.11 Å². The number of alkyl halides is 3. The monoisotopic (exact) mass is 331 g/mol. The molecule has 1 rings (SSSR count). The van der Waals surface area contributed by atoms with Crippen molar-refractivity contribution in [1.82, 2.24) is 4.72 Å². The Hall–Kier alpha value is -0.830. The van der Waals surface area contributed by atoms with Crippen LogP contribution in [-0.4, -0.2) is 38.0 Å². The van der Waals surface area contributed by atoms with Crippen molar-refractivity contribution >= 4 is 16.0 Å². The molecular weight excluding hydrogens is 311 g/mol. The minimum Gasteiger partial charge on any atom is -0.481 e. The Morgan fingerprint density at radius 1 is 1.19 bits per heavy atom. The predicted octanol–water partition coefficient (Wildman–Crippen LogP) is 2.28. The highest BCUT2D eigenvalue weighted by molar-refractivity contribution is 7.89. The first-order chi connectivity index (χ1) is 9.56. The van der Waals surface area contributed by atoms with Crippen LogP contribution in [0.4, 0.5) is 13.2 Å². The van der Waals surface area contributed by atoms with Crippen molar-refractivity contribution < 1.29 is 31.5 Å². The summed E-state index contributed by atoms with van der Waals surface area (Å²) >= 11 is 0. The first kappa shape index (κ1) is 18.2. The van der Waals surface area contributed by atoms with E-state index in [0.29, 0.717) is 25.7 Å². The Labute approximate surface area is 122 Å². The first-order valence-corrected chi connectivity index (χ1v) is 8.49. The quantitative estimate of drug-likeness (QED) is 0.750. The molecule has 0 atom stereocenters. The fourth-order valence-corrected chi connectivity index (χ4v) is 3.64. The van der Waals surface area contributed by atoms with Gasteiger partial charge in [-0.05, 0) is 19.3 Å². The molecule has 1 aliphatic carbocycles. The van der Waals surface area contributed by atoms with Crippen molar-refractivity contribution in [3.05, 3.63) is 0 Å². The van der Waals surface area contributed by atoms with Crippen LogP contribution >= 0.6 is 0 Å². The van der Waals surface area contributed by atoms with Gasteiger partial charge in [-0.3, -0.25) is 4.79 Å².